The number of nitrogens with two attached hydrogens (primary N) is 1. The average molecular weight is 289 g/mol. The fourth-order valence-electron chi connectivity index (χ4n) is 1.74. The molecule has 0 saturated carbocycles. The van der Waals surface area contributed by atoms with Crippen LogP contribution in [0.25, 0.3) is 0 Å². The molecule has 2 atom stereocenters. The summed E-state index contributed by atoms with van der Waals surface area (Å²) in [6.45, 7) is 0.712. The van der Waals surface area contributed by atoms with Crippen LogP contribution in [0.4, 0.5) is 0 Å². The van der Waals surface area contributed by atoms with Gasteiger partial charge in [0.25, 0.3) is 0 Å². The van der Waals surface area contributed by atoms with Crippen molar-refractivity contribution < 1.29 is 9.26 Å². The van der Waals surface area contributed by atoms with Crippen LogP contribution in [-0.4, -0.2) is 41.1 Å². The maximum Gasteiger partial charge on any atom is 0.243 e. The number of aromatic nitrogens is 2. The third kappa shape index (κ3) is 3.88. The topological polar surface area (TPSA) is 74.2 Å². The molecular formula is C11H19N3O2S2. The number of nitrogens with zero attached hydrogens (tertiary/aromatic N) is 2. The fraction of sp³-hybridized carbons (Fsp3) is 0.818. The van der Waals surface area contributed by atoms with Gasteiger partial charge in [-0.15, -0.1) is 11.8 Å². The molecule has 0 radical (unpaired) electrons. The Kier molecular flexibility index (Phi) is 5.81. The van der Waals surface area contributed by atoms with Gasteiger partial charge in [-0.1, -0.05) is 5.16 Å². The summed E-state index contributed by atoms with van der Waals surface area (Å²) in [7, 11) is 1.69. The summed E-state index contributed by atoms with van der Waals surface area (Å²) in [4.78, 5) is 4.43. The number of hydrogen-bond donors (Lipinski definition) is 1. The summed E-state index contributed by atoms with van der Waals surface area (Å²) in [6, 6.07) is -0.178. The molecule has 7 heteroatoms. The van der Waals surface area contributed by atoms with Crippen LogP contribution < -0.4 is 5.73 Å². The molecular weight excluding hydrogens is 270 g/mol. The van der Waals surface area contributed by atoms with Crippen molar-refractivity contribution in [1.82, 2.24) is 10.1 Å². The lowest BCUT2D eigenvalue weighted by atomic mass is 10.2. The lowest BCUT2D eigenvalue weighted by Gasteiger charge is -2.17. The minimum absolute atomic E-state index is 0.178. The predicted molar refractivity (Wildman–Crippen MR) is 74.9 cm³/mol. The summed E-state index contributed by atoms with van der Waals surface area (Å²) >= 11 is 3.84. The van der Waals surface area contributed by atoms with Crippen molar-refractivity contribution >= 4 is 23.5 Å². The van der Waals surface area contributed by atoms with E-state index >= 15 is 0 Å². The minimum Gasteiger partial charge on any atom is -0.385 e. The molecule has 2 heterocycles. The van der Waals surface area contributed by atoms with Gasteiger partial charge in [0.05, 0.1) is 11.3 Å². The normalized spacial score (nSPS) is 22.0. The SMILES string of the molecule is COCCCC(N)c1nc(C2CSCCS2)no1. The van der Waals surface area contributed by atoms with Gasteiger partial charge in [0, 0.05) is 31.0 Å². The zero-order valence-corrected chi connectivity index (χ0v) is 12.1. The van der Waals surface area contributed by atoms with Crippen LogP contribution in [0.2, 0.25) is 0 Å². The van der Waals surface area contributed by atoms with Gasteiger partial charge in [-0.25, -0.2) is 0 Å². The van der Waals surface area contributed by atoms with Gasteiger partial charge in [0.2, 0.25) is 5.89 Å². The second-order valence-electron chi connectivity index (χ2n) is 4.17. The first-order valence-corrected chi connectivity index (χ1v) is 8.29. The summed E-state index contributed by atoms with van der Waals surface area (Å²) in [5.41, 5.74) is 6.01. The molecule has 1 aliphatic rings. The van der Waals surface area contributed by atoms with Gasteiger partial charge in [-0.2, -0.15) is 16.7 Å². The van der Waals surface area contributed by atoms with Crippen LogP contribution in [0.15, 0.2) is 4.52 Å². The largest absolute Gasteiger partial charge is 0.385 e. The van der Waals surface area contributed by atoms with Crippen molar-refractivity contribution in [3.63, 3.8) is 0 Å². The quantitative estimate of drug-likeness (QED) is 0.803. The van der Waals surface area contributed by atoms with Gasteiger partial charge >= 0.3 is 0 Å². The smallest absolute Gasteiger partial charge is 0.243 e. The molecule has 1 aromatic heterocycles. The highest BCUT2D eigenvalue weighted by Crippen LogP contribution is 2.35. The van der Waals surface area contributed by atoms with Crippen molar-refractivity contribution in [1.29, 1.82) is 0 Å². The van der Waals surface area contributed by atoms with Crippen molar-refractivity contribution in [2.24, 2.45) is 5.73 Å². The van der Waals surface area contributed by atoms with Crippen LogP contribution in [0.3, 0.4) is 0 Å². The molecule has 0 aromatic carbocycles. The van der Waals surface area contributed by atoms with Crippen LogP contribution >= 0.6 is 23.5 Å². The molecule has 0 bridgehead atoms. The van der Waals surface area contributed by atoms with Crippen LogP contribution in [0, 0.1) is 0 Å². The number of thioether (sulfide) groups is 2. The summed E-state index contributed by atoms with van der Waals surface area (Å²) in [5, 5.41) is 4.41. The van der Waals surface area contributed by atoms with Crippen molar-refractivity contribution in [2.45, 2.75) is 24.1 Å². The van der Waals surface area contributed by atoms with E-state index in [0.717, 1.165) is 30.2 Å². The van der Waals surface area contributed by atoms with Crippen molar-refractivity contribution in [3.05, 3.63) is 11.7 Å². The third-order valence-electron chi connectivity index (χ3n) is 2.74. The Morgan fingerprint density at radius 3 is 3.17 bits per heavy atom. The highest BCUT2D eigenvalue weighted by Gasteiger charge is 2.23. The van der Waals surface area contributed by atoms with E-state index in [1.54, 1.807) is 7.11 Å². The molecule has 1 fully saturated rings. The second-order valence-corrected chi connectivity index (χ2v) is 6.63. The lowest BCUT2D eigenvalue weighted by molar-refractivity contribution is 0.188. The molecule has 2 unspecified atom stereocenters. The van der Waals surface area contributed by atoms with Crippen LogP contribution in [0.5, 0.6) is 0 Å². The van der Waals surface area contributed by atoms with Crippen LogP contribution in [-0.2, 0) is 4.74 Å². The van der Waals surface area contributed by atoms with Crippen molar-refractivity contribution in [3.8, 4) is 0 Å². The van der Waals surface area contributed by atoms with E-state index in [4.69, 9.17) is 15.0 Å². The first-order chi connectivity index (χ1) is 8.81. The zero-order chi connectivity index (χ0) is 12.8. The molecule has 0 spiro atoms. The minimum atomic E-state index is -0.178. The van der Waals surface area contributed by atoms with E-state index in [-0.39, 0.29) is 6.04 Å². The van der Waals surface area contributed by atoms with E-state index in [1.165, 1.54) is 5.75 Å². The molecule has 5 nitrogen and oxygen atoms in total. The van der Waals surface area contributed by atoms with Gasteiger partial charge in [-0.3, -0.25) is 0 Å². The standard InChI is InChI=1S/C11H19N3O2S2/c1-15-4-2-3-8(12)11-13-10(14-16-11)9-7-17-5-6-18-9/h8-9H,2-7,12H2,1H3. The van der Waals surface area contributed by atoms with E-state index in [9.17, 15) is 0 Å². The third-order valence-corrected chi connectivity index (χ3v) is 5.49. The number of hydrogen-bond acceptors (Lipinski definition) is 7. The Balaban J connectivity index is 1.88. The maximum atomic E-state index is 6.01. The Labute approximate surface area is 116 Å². The Morgan fingerprint density at radius 1 is 1.56 bits per heavy atom. The maximum absolute atomic E-state index is 6.01. The Hall–Kier alpha value is -0.240. The number of ether oxygens (including phenoxy) is 1. The molecule has 0 aliphatic carbocycles. The van der Waals surface area contributed by atoms with Gasteiger partial charge in [0.1, 0.15) is 0 Å². The Morgan fingerprint density at radius 2 is 2.44 bits per heavy atom. The highest BCUT2D eigenvalue weighted by atomic mass is 32.2. The Bertz CT molecular complexity index is 356. The molecule has 1 aliphatic heterocycles. The first kappa shape index (κ1) is 14.2. The average Bonchev–Trinajstić information content (AvgIpc) is 2.89. The molecule has 0 amide bonds. The second kappa shape index (κ2) is 7.37. The van der Waals surface area contributed by atoms with Crippen molar-refractivity contribution in [2.75, 3.05) is 31.0 Å². The monoisotopic (exact) mass is 289 g/mol. The molecule has 102 valence electrons. The number of methoxy groups -OCH3 is 1. The first-order valence-electron chi connectivity index (χ1n) is 6.08. The highest BCUT2D eigenvalue weighted by molar-refractivity contribution is 8.06. The van der Waals surface area contributed by atoms with Gasteiger partial charge in [0.15, 0.2) is 5.82 Å². The van der Waals surface area contributed by atoms with Gasteiger partial charge in [-0.05, 0) is 12.8 Å². The zero-order valence-electron chi connectivity index (χ0n) is 10.5. The summed E-state index contributed by atoms with van der Waals surface area (Å²) in [5.74, 6) is 4.77. The summed E-state index contributed by atoms with van der Waals surface area (Å²) < 4.78 is 10.3. The van der Waals surface area contributed by atoms with E-state index in [0.29, 0.717) is 17.7 Å². The molecule has 2 rings (SSSR count). The van der Waals surface area contributed by atoms with Crippen LogP contribution in [0.1, 0.15) is 35.8 Å². The van der Waals surface area contributed by atoms with E-state index in [2.05, 4.69) is 10.1 Å². The number of rotatable bonds is 6. The van der Waals surface area contributed by atoms with Gasteiger partial charge < -0.3 is 15.0 Å². The fourth-order valence-corrected chi connectivity index (χ4v) is 4.33. The summed E-state index contributed by atoms with van der Waals surface area (Å²) in [6.07, 6.45) is 1.71. The van der Waals surface area contributed by atoms with E-state index < -0.39 is 0 Å². The lowest BCUT2D eigenvalue weighted by Crippen LogP contribution is -2.12. The molecule has 2 N–H and O–H groups in total. The molecule has 1 saturated heterocycles. The molecule has 1 aromatic rings. The predicted octanol–water partition coefficient (Wildman–Crippen LogP) is 2.02. The molecule has 18 heavy (non-hydrogen) atoms. The van der Waals surface area contributed by atoms with E-state index in [1.807, 2.05) is 23.5 Å².